The van der Waals surface area contributed by atoms with Crippen molar-refractivity contribution in [3.8, 4) is 0 Å². The van der Waals surface area contributed by atoms with Crippen LogP contribution in [0.1, 0.15) is 36.0 Å². The van der Waals surface area contributed by atoms with Gasteiger partial charge < -0.3 is 4.74 Å². The van der Waals surface area contributed by atoms with Crippen LogP contribution in [0.5, 0.6) is 0 Å². The Morgan fingerprint density at radius 1 is 1.21 bits per heavy atom. The largest absolute Gasteiger partial charge is 0.465 e. The van der Waals surface area contributed by atoms with E-state index in [9.17, 15) is 13.2 Å². The van der Waals surface area contributed by atoms with Crippen LogP contribution in [-0.2, 0) is 26.0 Å². The number of nitrogens with zero attached hydrogens (tertiary/aromatic N) is 2. The third kappa shape index (κ3) is 5.42. The third-order valence-electron chi connectivity index (χ3n) is 5.31. The lowest BCUT2D eigenvalue weighted by Crippen LogP contribution is -2.40. The molecule has 1 aliphatic rings. The minimum absolute atomic E-state index is 0.222. The van der Waals surface area contributed by atoms with Gasteiger partial charge in [-0.15, -0.1) is 0 Å². The minimum Gasteiger partial charge on any atom is -0.465 e. The molecular weight excluding hydrogens is 388 g/mol. The number of hydrogen-bond acceptors (Lipinski definition) is 5. The molecule has 0 bridgehead atoms. The summed E-state index contributed by atoms with van der Waals surface area (Å²) in [4.78, 5) is 16.7. The van der Waals surface area contributed by atoms with E-state index in [0.29, 0.717) is 37.4 Å². The van der Waals surface area contributed by atoms with Gasteiger partial charge >= 0.3 is 5.97 Å². The SMILES string of the molecule is Cc1ccc(S(=O)(=O)N2CCC(C(=O)OCCCc3cccnc3)CC2)c(C)c1. The van der Waals surface area contributed by atoms with Gasteiger partial charge in [-0.05, 0) is 62.8 Å². The van der Waals surface area contributed by atoms with Crippen LogP contribution in [-0.4, -0.2) is 43.4 Å². The van der Waals surface area contributed by atoms with E-state index < -0.39 is 10.0 Å². The summed E-state index contributed by atoms with van der Waals surface area (Å²) in [5.41, 5.74) is 2.90. The zero-order valence-corrected chi connectivity index (χ0v) is 17.8. The lowest BCUT2D eigenvalue weighted by molar-refractivity contribution is -0.149. The van der Waals surface area contributed by atoms with Crippen LogP contribution in [0.3, 0.4) is 0 Å². The number of aromatic nitrogens is 1. The smallest absolute Gasteiger partial charge is 0.309 e. The van der Waals surface area contributed by atoms with Crippen LogP contribution >= 0.6 is 0 Å². The first-order valence-corrected chi connectivity index (χ1v) is 11.4. The van der Waals surface area contributed by atoms with Gasteiger partial charge in [0.2, 0.25) is 10.0 Å². The number of rotatable bonds is 7. The summed E-state index contributed by atoms with van der Waals surface area (Å²) < 4.78 is 32.8. The van der Waals surface area contributed by atoms with E-state index in [0.717, 1.165) is 29.5 Å². The molecule has 7 heteroatoms. The number of esters is 1. The van der Waals surface area contributed by atoms with Gasteiger partial charge in [0.05, 0.1) is 17.4 Å². The van der Waals surface area contributed by atoms with E-state index in [4.69, 9.17) is 4.74 Å². The van der Waals surface area contributed by atoms with Crippen LogP contribution in [0.15, 0.2) is 47.6 Å². The van der Waals surface area contributed by atoms with Crippen molar-refractivity contribution in [3.05, 3.63) is 59.4 Å². The Hall–Kier alpha value is -2.25. The Bertz CT molecular complexity index is 937. The normalized spacial score (nSPS) is 15.9. The van der Waals surface area contributed by atoms with Crippen LogP contribution in [0, 0.1) is 19.8 Å². The molecule has 1 fully saturated rings. The fraction of sp³-hybridized carbons (Fsp3) is 0.455. The molecule has 0 N–H and O–H groups in total. The van der Waals surface area contributed by atoms with E-state index in [1.807, 2.05) is 44.3 Å². The summed E-state index contributed by atoms with van der Waals surface area (Å²) in [7, 11) is -3.53. The Morgan fingerprint density at radius 3 is 2.62 bits per heavy atom. The number of aryl methyl sites for hydroxylation is 3. The predicted molar refractivity (Wildman–Crippen MR) is 111 cm³/mol. The molecule has 6 nitrogen and oxygen atoms in total. The highest BCUT2D eigenvalue weighted by Gasteiger charge is 2.33. The quantitative estimate of drug-likeness (QED) is 0.511. The first-order chi connectivity index (χ1) is 13.9. The third-order valence-corrected chi connectivity index (χ3v) is 7.37. The maximum atomic E-state index is 12.9. The van der Waals surface area contributed by atoms with Crippen molar-refractivity contribution < 1.29 is 17.9 Å². The number of pyridine rings is 1. The molecule has 1 aliphatic heterocycles. The average molecular weight is 417 g/mol. The van der Waals surface area contributed by atoms with Crippen LogP contribution in [0.25, 0.3) is 0 Å². The van der Waals surface area contributed by atoms with Gasteiger partial charge in [-0.2, -0.15) is 4.31 Å². The van der Waals surface area contributed by atoms with Gasteiger partial charge in [-0.3, -0.25) is 9.78 Å². The minimum atomic E-state index is -3.53. The van der Waals surface area contributed by atoms with Crippen molar-refractivity contribution >= 4 is 16.0 Å². The fourth-order valence-electron chi connectivity index (χ4n) is 3.67. The molecule has 0 aliphatic carbocycles. The lowest BCUT2D eigenvalue weighted by Gasteiger charge is -2.30. The number of carbonyl (C=O) groups is 1. The lowest BCUT2D eigenvalue weighted by atomic mass is 9.98. The molecule has 0 atom stereocenters. The van der Waals surface area contributed by atoms with E-state index in [2.05, 4.69) is 4.98 Å². The van der Waals surface area contributed by atoms with Crippen molar-refractivity contribution in [2.45, 2.75) is 44.4 Å². The Labute approximate surface area is 173 Å². The molecule has 29 heavy (non-hydrogen) atoms. The zero-order chi connectivity index (χ0) is 20.9. The second kappa shape index (κ2) is 9.50. The monoisotopic (exact) mass is 416 g/mol. The molecule has 2 aromatic rings. The van der Waals surface area contributed by atoms with Gasteiger partial charge in [0, 0.05) is 25.5 Å². The summed E-state index contributed by atoms with van der Waals surface area (Å²) in [6.45, 7) is 4.80. The maximum Gasteiger partial charge on any atom is 0.309 e. The van der Waals surface area contributed by atoms with Gasteiger partial charge in [0.15, 0.2) is 0 Å². The van der Waals surface area contributed by atoms with E-state index in [-0.39, 0.29) is 11.9 Å². The number of carbonyl (C=O) groups excluding carboxylic acids is 1. The second-order valence-electron chi connectivity index (χ2n) is 7.58. The number of ether oxygens (including phenoxy) is 1. The number of sulfonamides is 1. The molecule has 2 heterocycles. The van der Waals surface area contributed by atoms with Gasteiger partial charge in [-0.25, -0.2) is 8.42 Å². The van der Waals surface area contributed by atoms with E-state index in [1.54, 1.807) is 12.3 Å². The molecule has 156 valence electrons. The zero-order valence-electron chi connectivity index (χ0n) is 17.0. The molecule has 1 saturated heterocycles. The topological polar surface area (TPSA) is 76.6 Å². The number of benzene rings is 1. The van der Waals surface area contributed by atoms with Crippen molar-refractivity contribution in [2.75, 3.05) is 19.7 Å². The van der Waals surface area contributed by atoms with Crippen LogP contribution < -0.4 is 0 Å². The van der Waals surface area contributed by atoms with Crippen molar-refractivity contribution in [1.82, 2.24) is 9.29 Å². The predicted octanol–water partition coefficient (Wildman–Crippen LogP) is 3.28. The first-order valence-electron chi connectivity index (χ1n) is 10.0. The van der Waals surface area contributed by atoms with E-state index >= 15 is 0 Å². The van der Waals surface area contributed by atoms with Gasteiger partial charge in [0.25, 0.3) is 0 Å². The Morgan fingerprint density at radius 2 is 1.97 bits per heavy atom. The number of hydrogen-bond donors (Lipinski definition) is 0. The van der Waals surface area contributed by atoms with Crippen molar-refractivity contribution in [2.24, 2.45) is 5.92 Å². The van der Waals surface area contributed by atoms with Crippen molar-refractivity contribution in [3.63, 3.8) is 0 Å². The highest BCUT2D eigenvalue weighted by Crippen LogP contribution is 2.26. The molecule has 3 rings (SSSR count). The molecule has 0 radical (unpaired) electrons. The fourth-order valence-corrected chi connectivity index (χ4v) is 5.35. The van der Waals surface area contributed by atoms with Crippen molar-refractivity contribution in [1.29, 1.82) is 0 Å². The van der Waals surface area contributed by atoms with Crippen LogP contribution in [0.4, 0.5) is 0 Å². The summed E-state index contributed by atoms with van der Waals surface area (Å²) in [5, 5.41) is 0. The highest BCUT2D eigenvalue weighted by molar-refractivity contribution is 7.89. The highest BCUT2D eigenvalue weighted by atomic mass is 32.2. The van der Waals surface area contributed by atoms with Crippen LogP contribution in [0.2, 0.25) is 0 Å². The molecule has 0 amide bonds. The maximum absolute atomic E-state index is 12.9. The van der Waals surface area contributed by atoms with Gasteiger partial charge in [0.1, 0.15) is 0 Å². The summed E-state index contributed by atoms with van der Waals surface area (Å²) >= 11 is 0. The number of piperidine rings is 1. The molecule has 0 saturated carbocycles. The molecule has 1 aromatic carbocycles. The molecule has 1 aromatic heterocycles. The van der Waals surface area contributed by atoms with E-state index in [1.165, 1.54) is 4.31 Å². The summed E-state index contributed by atoms with van der Waals surface area (Å²) in [6, 6.07) is 9.25. The molecule has 0 unspecified atom stereocenters. The summed E-state index contributed by atoms with van der Waals surface area (Å²) in [5.74, 6) is -0.460. The Balaban J connectivity index is 1.47. The molecular formula is C22H28N2O4S. The summed E-state index contributed by atoms with van der Waals surface area (Å²) in [6.07, 6.45) is 6.09. The standard InChI is InChI=1S/C22H28N2O4S/c1-17-7-8-21(18(2)15-17)29(26,27)24-12-9-20(10-13-24)22(25)28-14-4-6-19-5-3-11-23-16-19/h3,5,7-8,11,15-16,20H,4,6,9-10,12-14H2,1-2H3. The average Bonchev–Trinajstić information content (AvgIpc) is 2.71. The Kier molecular flexibility index (Phi) is 7.03. The molecule has 0 spiro atoms. The first kappa shape index (κ1) is 21.5. The second-order valence-corrected chi connectivity index (χ2v) is 9.49. The van der Waals surface area contributed by atoms with Gasteiger partial charge in [-0.1, -0.05) is 23.8 Å².